The molecule has 0 saturated carbocycles. The van der Waals surface area contributed by atoms with Crippen molar-refractivity contribution in [3.8, 4) is 5.75 Å². The third-order valence-electron chi connectivity index (χ3n) is 1.66. The molecular formula is C11H19NOSi. The molecule has 0 fully saturated rings. The standard InChI is InChI=1S/C11H19NOSi/c1-5-12-10-6-8-11(9-7-10)13-14(2,3)4/h6-9,12H,5H2,1-4H3. The minimum atomic E-state index is -1.45. The Balaban J connectivity index is 2.64. The molecule has 2 nitrogen and oxygen atoms in total. The lowest BCUT2D eigenvalue weighted by atomic mass is 10.3. The average Bonchev–Trinajstić information content (AvgIpc) is 2.06. The van der Waals surface area contributed by atoms with E-state index in [1.54, 1.807) is 0 Å². The third-order valence-corrected chi connectivity index (χ3v) is 2.51. The summed E-state index contributed by atoms with van der Waals surface area (Å²) in [5.41, 5.74) is 1.15. The van der Waals surface area contributed by atoms with Crippen molar-refractivity contribution in [1.29, 1.82) is 0 Å². The zero-order chi connectivity index (χ0) is 10.6. The lowest BCUT2D eigenvalue weighted by molar-refractivity contribution is 0.558. The maximum atomic E-state index is 5.85. The van der Waals surface area contributed by atoms with Crippen LogP contribution in [0, 0.1) is 0 Å². The fourth-order valence-electron chi connectivity index (χ4n) is 1.20. The van der Waals surface area contributed by atoms with Crippen LogP contribution in [-0.4, -0.2) is 14.9 Å². The maximum Gasteiger partial charge on any atom is 0.242 e. The molecule has 0 aromatic heterocycles. The quantitative estimate of drug-likeness (QED) is 0.768. The Morgan fingerprint density at radius 1 is 1.14 bits per heavy atom. The van der Waals surface area contributed by atoms with Crippen molar-refractivity contribution in [2.24, 2.45) is 0 Å². The van der Waals surface area contributed by atoms with Crippen LogP contribution in [0.2, 0.25) is 19.6 Å². The van der Waals surface area contributed by atoms with Gasteiger partial charge in [0.1, 0.15) is 5.75 Å². The minimum absolute atomic E-state index is 0.953. The van der Waals surface area contributed by atoms with Crippen molar-refractivity contribution in [1.82, 2.24) is 0 Å². The van der Waals surface area contributed by atoms with E-state index in [1.807, 2.05) is 12.1 Å². The van der Waals surface area contributed by atoms with E-state index in [-0.39, 0.29) is 0 Å². The monoisotopic (exact) mass is 209 g/mol. The van der Waals surface area contributed by atoms with Crippen LogP contribution in [0.5, 0.6) is 5.75 Å². The first-order valence-electron chi connectivity index (χ1n) is 5.04. The molecule has 1 aromatic carbocycles. The van der Waals surface area contributed by atoms with Crippen molar-refractivity contribution in [3.05, 3.63) is 24.3 Å². The highest BCUT2D eigenvalue weighted by atomic mass is 28.4. The Hall–Kier alpha value is -0.963. The van der Waals surface area contributed by atoms with Crippen LogP contribution in [0.3, 0.4) is 0 Å². The number of hydrogen-bond donors (Lipinski definition) is 1. The van der Waals surface area contributed by atoms with Crippen LogP contribution in [0.15, 0.2) is 24.3 Å². The summed E-state index contributed by atoms with van der Waals surface area (Å²) in [7, 11) is -1.45. The molecular weight excluding hydrogens is 190 g/mol. The Morgan fingerprint density at radius 2 is 1.71 bits per heavy atom. The molecule has 3 heteroatoms. The van der Waals surface area contributed by atoms with Gasteiger partial charge < -0.3 is 9.74 Å². The number of rotatable bonds is 4. The first-order valence-corrected chi connectivity index (χ1v) is 8.45. The molecule has 0 aliphatic carbocycles. The predicted molar refractivity (Wildman–Crippen MR) is 64.6 cm³/mol. The molecule has 1 rings (SSSR count). The lowest BCUT2D eigenvalue weighted by Crippen LogP contribution is -2.29. The van der Waals surface area contributed by atoms with Gasteiger partial charge in [0.25, 0.3) is 0 Å². The molecule has 0 bridgehead atoms. The van der Waals surface area contributed by atoms with E-state index in [2.05, 4.69) is 44.0 Å². The number of hydrogen-bond acceptors (Lipinski definition) is 2. The Morgan fingerprint density at radius 3 is 2.14 bits per heavy atom. The summed E-state index contributed by atoms with van der Waals surface area (Å²) in [6.07, 6.45) is 0. The van der Waals surface area contributed by atoms with Gasteiger partial charge in [-0.25, -0.2) is 0 Å². The molecule has 1 aromatic rings. The molecule has 0 spiro atoms. The Labute approximate surface area is 87.4 Å². The second-order valence-corrected chi connectivity index (χ2v) is 8.70. The second-order valence-electron chi connectivity index (χ2n) is 4.27. The van der Waals surface area contributed by atoms with E-state index in [1.165, 1.54) is 0 Å². The van der Waals surface area contributed by atoms with Gasteiger partial charge in [-0.3, -0.25) is 0 Å². The van der Waals surface area contributed by atoms with Gasteiger partial charge in [0, 0.05) is 12.2 Å². The zero-order valence-electron chi connectivity index (χ0n) is 9.42. The van der Waals surface area contributed by atoms with Crippen LogP contribution in [0.25, 0.3) is 0 Å². The summed E-state index contributed by atoms with van der Waals surface area (Å²) in [6.45, 7) is 9.60. The van der Waals surface area contributed by atoms with Gasteiger partial charge in [-0.1, -0.05) is 0 Å². The van der Waals surface area contributed by atoms with E-state index >= 15 is 0 Å². The van der Waals surface area contributed by atoms with Crippen LogP contribution < -0.4 is 9.74 Å². The normalized spacial score (nSPS) is 11.1. The smallest absolute Gasteiger partial charge is 0.242 e. The summed E-state index contributed by atoms with van der Waals surface area (Å²) in [5.74, 6) is 0.978. The molecule has 78 valence electrons. The average molecular weight is 209 g/mol. The van der Waals surface area contributed by atoms with E-state index in [9.17, 15) is 0 Å². The van der Waals surface area contributed by atoms with Crippen LogP contribution >= 0.6 is 0 Å². The molecule has 0 aliphatic heterocycles. The van der Waals surface area contributed by atoms with E-state index in [0.717, 1.165) is 18.0 Å². The van der Waals surface area contributed by atoms with Crippen LogP contribution in [0.1, 0.15) is 6.92 Å². The number of benzene rings is 1. The highest BCUT2D eigenvalue weighted by Crippen LogP contribution is 2.18. The Bertz CT molecular complexity index is 276. The van der Waals surface area contributed by atoms with Crippen molar-refractivity contribution in [2.45, 2.75) is 26.6 Å². The molecule has 1 N–H and O–H groups in total. The van der Waals surface area contributed by atoms with Crippen molar-refractivity contribution < 1.29 is 4.43 Å². The van der Waals surface area contributed by atoms with E-state index in [4.69, 9.17) is 4.43 Å². The van der Waals surface area contributed by atoms with Crippen molar-refractivity contribution in [2.75, 3.05) is 11.9 Å². The van der Waals surface area contributed by atoms with Gasteiger partial charge in [0.05, 0.1) is 0 Å². The molecule has 0 unspecified atom stereocenters. The SMILES string of the molecule is CCNc1ccc(O[Si](C)(C)C)cc1. The fourth-order valence-corrected chi connectivity index (χ4v) is 2.04. The van der Waals surface area contributed by atoms with Gasteiger partial charge in [0.2, 0.25) is 8.32 Å². The highest BCUT2D eigenvalue weighted by Gasteiger charge is 2.15. The lowest BCUT2D eigenvalue weighted by Gasteiger charge is -2.19. The summed E-state index contributed by atoms with van der Waals surface area (Å²) in [6, 6.07) is 8.16. The molecule has 0 aliphatic rings. The molecule has 0 heterocycles. The van der Waals surface area contributed by atoms with E-state index in [0.29, 0.717) is 0 Å². The molecule has 14 heavy (non-hydrogen) atoms. The fraction of sp³-hybridized carbons (Fsp3) is 0.455. The summed E-state index contributed by atoms with van der Waals surface area (Å²) in [4.78, 5) is 0. The molecule has 0 radical (unpaired) electrons. The number of anilines is 1. The Kier molecular flexibility index (Phi) is 3.58. The maximum absolute atomic E-state index is 5.85. The van der Waals surface area contributed by atoms with Crippen molar-refractivity contribution in [3.63, 3.8) is 0 Å². The van der Waals surface area contributed by atoms with Crippen LogP contribution in [-0.2, 0) is 0 Å². The molecule has 0 amide bonds. The van der Waals surface area contributed by atoms with Crippen molar-refractivity contribution >= 4 is 14.0 Å². The third kappa shape index (κ3) is 3.83. The largest absolute Gasteiger partial charge is 0.544 e. The van der Waals surface area contributed by atoms with E-state index < -0.39 is 8.32 Å². The molecule has 0 saturated heterocycles. The first-order chi connectivity index (χ1) is 6.51. The first kappa shape index (κ1) is 11.1. The topological polar surface area (TPSA) is 21.3 Å². The van der Waals surface area contributed by atoms with Gasteiger partial charge >= 0.3 is 0 Å². The molecule has 0 atom stereocenters. The van der Waals surface area contributed by atoms with Crippen LogP contribution in [0.4, 0.5) is 5.69 Å². The van der Waals surface area contributed by atoms with Gasteiger partial charge in [-0.05, 0) is 50.8 Å². The summed E-state index contributed by atoms with van der Waals surface area (Å²) >= 11 is 0. The van der Waals surface area contributed by atoms with Gasteiger partial charge in [-0.2, -0.15) is 0 Å². The number of nitrogens with one attached hydrogen (secondary N) is 1. The van der Waals surface area contributed by atoms with Gasteiger partial charge in [-0.15, -0.1) is 0 Å². The second kappa shape index (κ2) is 4.51. The summed E-state index contributed by atoms with van der Waals surface area (Å²) in [5, 5.41) is 3.25. The zero-order valence-corrected chi connectivity index (χ0v) is 10.4. The highest BCUT2D eigenvalue weighted by molar-refractivity contribution is 6.70. The minimum Gasteiger partial charge on any atom is -0.544 e. The van der Waals surface area contributed by atoms with Gasteiger partial charge in [0.15, 0.2) is 0 Å². The predicted octanol–water partition coefficient (Wildman–Crippen LogP) is 3.33. The summed E-state index contributed by atoms with van der Waals surface area (Å²) < 4.78 is 5.85.